The molecule has 0 aliphatic carbocycles. The molecule has 0 aliphatic rings. The van der Waals surface area contributed by atoms with Gasteiger partial charge in [-0.15, -0.1) is 0 Å². The summed E-state index contributed by atoms with van der Waals surface area (Å²) in [5.74, 6) is 0.756. The van der Waals surface area contributed by atoms with Crippen molar-refractivity contribution in [1.29, 1.82) is 0 Å². The number of hydrogen-bond acceptors (Lipinski definition) is 2. The number of rotatable bonds is 5. The Kier molecular flexibility index (Phi) is 4.93. The van der Waals surface area contributed by atoms with Crippen molar-refractivity contribution in [3.05, 3.63) is 0 Å². The van der Waals surface area contributed by atoms with Crippen LogP contribution in [0.15, 0.2) is 0 Å². The quantitative estimate of drug-likeness (QED) is 0.712. The monoisotopic (exact) mass is 186 g/mol. The third kappa shape index (κ3) is 4.10. The molecule has 0 heterocycles. The first-order valence-corrected chi connectivity index (χ1v) is 5.24. The lowest BCUT2D eigenvalue weighted by molar-refractivity contribution is 0.104. The van der Waals surface area contributed by atoms with Crippen molar-refractivity contribution < 1.29 is 0 Å². The van der Waals surface area contributed by atoms with Gasteiger partial charge in [0.05, 0.1) is 0 Å². The molecule has 0 rings (SSSR count). The second-order valence-corrected chi connectivity index (χ2v) is 5.11. The Morgan fingerprint density at radius 3 is 2.00 bits per heavy atom. The second kappa shape index (κ2) is 4.97. The topological polar surface area (TPSA) is 29.3 Å². The predicted molar refractivity (Wildman–Crippen MR) is 59.8 cm³/mol. The summed E-state index contributed by atoms with van der Waals surface area (Å²) in [5, 5.41) is 0. The Morgan fingerprint density at radius 1 is 1.23 bits per heavy atom. The van der Waals surface area contributed by atoms with E-state index in [0.29, 0.717) is 12.6 Å². The lowest BCUT2D eigenvalue weighted by Gasteiger charge is -2.39. The maximum absolute atomic E-state index is 5.73. The van der Waals surface area contributed by atoms with Crippen LogP contribution in [0.4, 0.5) is 0 Å². The molecule has 0 aromatic carbocycles. The number of nitrogens with two attached hydrogens (primary N) is 1. The zero-order chi connectivity index (χ0) is 10.6. The van der Waals surface area contributed by atoms with Crippen molar-refractivity contribution in [3.63, 3.8) is 0 Å². The van der Waals surface area contributed by atoms with Crippen LogP contribution in [0.3, 0.4) is 0 Å². The molecule has 80 valence electrons. The lowest BCUT2D eigenvalue weighted by atomic mass is 9.97. The molecule has 0 aliphatic heterocycles. The molecular weight excluding hydrogens is 160 g/mol. The molecule has 1 atom stereocenters. The van der Waals surface area contributed by atoms with Crippen molar-refractivity contribution in [1.82, 2.24) is 4.90 Å². The molecule has 2 N–H and O–H groups in total. The Hall–Kier alpha value is -0.0800. The average molecular weight is 186 g/mol. The molecule has 0 saturated carbocycles. The van der Waals surface area contributed by atoms with E-state index in [-0.39, 0.29) is 5.54 Å². The van der Waals surface area contributed by atoms with E-state index in [1.807, 2.05) is 0 Å². The molecule has 0 aromatic heterocycles. The van der Waals surface area contributed by atoms with Crippen molar-refractivity contribution in [2.24, 2.45) is 11.7 Å². The highest BCUT2D eigenvalue weighted by atomic mass is 15.2. The fourth-order valence-corrected chi connectivity index (χ4v) is 1.58. The maximum Gasteiger partial charge on any atom is 0.0275 e. The van der Waals surface area contributed by atoms with Crippen molar-refractivity contribution in [2.75, 3.05) is 13.6 Å². The van der Waals surface area contributed by atoms with Gasteiger partial charge in [-0.1, -0.05) is 13.8 Å². The molecule has 0 bridgehead atoms. The van der Waals surface area contributed by atoms with Crippen LogP contribution in [0.25, 0.3) is 0 Å². The lowest BCUT2D eigenvalue weighted by Crippen LogP contribution is -2.51. The van der Waals surface area contributed by atoms with E-state index in [2.05, 4.69) is 46.6 Å². The summed E-state index contributed by atoms with van der Waals surface area (Å²) >= 11 is 0. The van der Waals surface area contributed by atoms with Crippen LogP contribution in [0.5, 0.6) is 0 Å². The molecule has 2 heteroatoms. The van der Waals surface area contributed by atoms with E-state index >= 15 is 0 Å². The minimum Gasteiger partial charge on any atom is -0.329 e. The van der Waals surface area contributed by atoms with Crippen molar-refractivity contribution >= 4 is 0 Å². The van der Waals surface area contributed by atoms with Crippen LogP contribution in [0.2, 0.25) is 0 Å². The largest absolute Gasteiger partial charge is 0.329 e. The third-order valence-electron chi connectivity index (χ3n) is 2.93. The molecule has 0 amide bonds. The van der Waals surface area contributed by atoms with E-state index in [4.69, 9.17) is 5.73 Å². The van der Waals surface area contributed by atoms with Gasteiger partial charge in [0.15, 0.2) is 0 Å². The molecule has 0 aromatic rings. The van der Waals surface area contributed by atoms with Gasteiger partial charge in [0.2, 0.25) is 0 Å². The summed E-state index contributed by atoms with van der Waals surface area (Å²) in [4.78, 5) is 2.38. The van der Waals surface area contributed by atoms with E-state index in [1.165, 1.54) is 6.42 Å². The van der Waals surface area contributed by atoms with Gasteiger partial charge in [0.1, 0.15) is 0 Å². The first kappa shape index (κ1) is 12.9. The minimum absolute atomic E-state index is 0.119. The molecule has 0 spiro atoms. The molecule has 0 saturated heterocycles. The van der Waals surface area contributed by atoms with Crippen molar-refractivity contribution in [2.45, 2.75) is 52.6 Å². The first-order chi connectivity index (χ1) is 5.81. The van der Waals surface area contributed by atoms with Gasteiger partial charge in [0.25, 0.3) is 0 Å². The highest BCUT2D eigenvalue weighted by molar-refractivity contribution is 4.83. The van der Waals surface area contributed by atoms with Crippen molar-refractivity contribution in [3.8, 4) is 0 Å². The van der Waals surface area contributed by atoms with Gasteiger partial charge in [-0.25, -0.2) is 0 Å². The van der Waals surface area contributed by atoms with Gasteiger partial charge in [0, 0.05) is 18.1 Å². The zero-order valence-electron chi connectivity index (χ0n) is 10.1. The van der Waals surface area contributed by atoms with Crippen LogP contribution >= 0.6 is 0 Å². The highest BCUT2D eigenvalue weighted by Gasteiger charge is 2.25. The molecule has 13 heavy (non-hydrogen) atoms. The summed E-state index contributed by atoms with van der Waals surface area (Å²) in [7, 11) is 2.17. The van der Waals surface area contributed by atoms with Crippen LogP contribution in [0, 0.1) is 5.92 Å². The molecule has 0 radical (unpaired) electrons. The van der Waals surface area contributed by atoms with E-state index in [1.54, 1.807) is 0 Å². The fraction of sp³-hybridized carbons (Fsp3) is 1.00. The maximum atomic E-state index is 5.73. The summed E-state index contributed by atoms with van der Waals surface area (Å²) in [6, 6.07) is 0.610. The van der Waals surface area contributed by atoms with Gasteiger partial charge in [-0.05, 0) is 40.2 Å². The fourth-order valence-electron chi connectivity index (χ4n) is 1.58. The first-order valence-electron chi connectivity index (χ1n) is 5.24. The number of nitrogens with zero attached hydrogens (tertiary/aromatic N) is 1. The summed E-state index contributed by atoms with van der Waals surface area (Å²) in [6.45, 7) is 11.9. The van der Waals surface area contributed by atoms with Gasteiger partial charge in [-0.3, -0.25) is 4.90 Å². The van der Waals surface area contributed by atoms with Gasteiger partial charge in [-0.2, -0.15) is 0 Å². The van der Waals surface area contributed by atoms with Crippen LogP contribution in [0.1, 0.15) is 41.0 Å². The normalized spacial score (nSPS) is 15.5. The molecule has 1 unspecified atom stereocenters. The highest BCUT2D eigenvalue weighted by Crippen LogP contribution is 2.18. The summed E-state index contributed by atoms with van der Waals surface area (Å²) < 4.78 is 0. The third-order valence-corrected chi connectivity index (χ3v) is 2.93. The van der Waals surface area contributed by atoms with Gasteiger partial charge >= 0.3 is 0 Å². The molecule has 2 nitrogen and oxygen atoms in total. The second-order valence-electron chi connectivity index (χ2n) is 5.11. The standard InChI is InChI=1S/C11H26N2/c1-9(2)7-10(3)13(6)11(4,5)8-12/h9-10H,7-8,12H2,1-6H3. The zero-order valence-corrected chi connectivity index (χ0v) is 10.1. The minimum atomic E-state index is 0.119. The Morgan fingerprint density at radius 2 is 1.69 bits per heavy atom. The van der Waals surface area contributed by atoms with Crippen LogP contribution < -0.4 is 5.73 Å². The SMILES string of the molecule is CC(C)CC(C)N(C)C(C)(C)CN. The molecule has 0 fully saturated rings. The Bertz CT molecular complexity index is 141. The van der Waals surface area contributed by atoms with E-state index < -0.39 is 0 Å². The van der Waals surface area contributed by atoms with Crippen LogP contribution in [-0.2, 0) is 0 Å². The number of hydrogen-bond donors (Lipinski definition) is 1. The summed E-state index contributed by atoms with van der Waals surface area (Å²) in [6.07, 6.45) is 1.24. The average Bonchev–Trinajstić information content (AvgIpc) is 2.01. The van der Waals surface area contributed by atoms with E-state index in [9.17, 15) is 0 Å². The van der Waals surface area contributed by atoms with Gasteiger partial charge < -0.3 is 5.73 Å². The Labute approximate surface area is 83.5 Å². The predicted octanol–water partition coefficient (Wildman–Crippen LogP) is 2.09. The molecular formula is C11H26N2. The number of likely N-dealkylation sites (N-methyl/N-ethyl adjacent to an activating group) is 1. The van der Waals surface area contributed by atoms with Crippen LogP contribution in [-0.4, -0.2) is 30.1 Å². The summed E-state index contributed by atoms with van der Waals surface area (Å²) in [5.41, 5.74) is 5.85. The smallest absolute Gasteiger partial charge is 0.0275 e. The van der Waals surface area contributed by atoms with E-state index in [0.717, 1.165) is 5.92 Å². The Balaban J connectivity index is 4.16.